The summed E-state index contributed by atoms with van der Waals surface area (Å²) in [5.41, 5.74) is 1.42. The first-order valence-corrected chi connectivity index (χ1v) is 8.42. The van der Waals surface area contributed by atoms with Gasteiger partial charge in [-0.2, -0.15) is 0 Å². The Labute approximate surface area is 158 Å². The zero-order valence-electron chi connectivity index (χ0n) is 14.8. The van der Waals surface area contributed by atoms with E-state index < -0.39 is 0 Å². The van der Waals surface area contributed by atoms with E-state index in [1.54, 1.807) is 0 Å². The van der Waals surface area contributed by atoms with E-state index in [4.69, 9.17) is 0 Å². The lowest BCUT2D eigenvalue weighted by Gasteiger charge is -2.37. The van der Waals surface area contributed by atoms with E-state index in [-0.39, 0.29) is 29.5 Å². The number of aliphatic imine (C=N–C) groups is 1. The van der Waals surface area contributed by atoms with Gasteiger partial charge < -0.3 is 15.5 Å². The number of rotatable bonds is 7. The molecule has 0 amide bonds. The van der Waals surface area contributed by atoms with E-state index in [0.717, 1.165) is 38.4 Å². The third-order valence-corrected chi connectivity index (χ3v) is 4.82. The van der Waals surface area contributed by atoms with Gasteiger partial charge in [0.15, 0.2) is 5.96 Å². The highest BCUT2D eigenvalue weighted by Crippen LogP contribution is 2.21. The van der Waals surface area contributed by atoms with Crippen molar-refractivity contribution < 1.29 is 0 Å². The molecule has 2 N–H and O–H groups in total. The largest absolute Gasteiger partial charge is 0.354 e. The fourth-order valence-corrected chi connectivity index (χ4v) is 3.01. The van der Waals surface area contributed by atoms with Crippen LogP contribution in [0.5, 0.6) is 0 Å². The van der Waals surface area contributed by atoms with Gasteiger partial charge >= 0.3 is 0 Å². The topological polar surface area (TPSA) is 39.7 Å². The first-order valence-electron chi connectivity index (χ1n) is 8.42. The summed E-state index contributed by atoms with van der Waals surface area (Å²) in [6.07, 6.45) is 2.18. The molecule has 0 spiro atoms. The molecule has 23 heavy (non-hydrogen) atoms. The third kappa shape index (κ3) is 5.35. The maximum Gasteiger partial charge on any atom is 0.193 e. The number of likely N-dealkylation sites (N-methyl/N-ethyl adjacent to an activating group) is 1. The SMILES string of the molecule is CCC(CC)(CNC1=NCCN1C)NC(C)c1ccccc1.I. The minimum absolute atomic E-state index is 0. The van der Waals surface area contributed by atoms with Gasteiger partial charge in [-0.3, -0.25) is 4.99 Å². The van der Waals surface area contributed by atoms with Crippen molar-refractivity contribution in [3.63, 3.8) is 0 Å². The molecule has 0 aliphatic carbocycles. The Morgan fingerprint density at radius 1 is 1.22 bits per heavy atom. The monoisotopic (exact) mass is 430 g/mol. The number of hydrogen-bond donors (Lipinski definition) is 2. The molecule has 1 atom stereocenters. The molecule has 0 bridgehead atoms. The molecule has 2 rings (SSSR count). The first kappa shape index (κ1) is 20.2. The summed E-state index contributed by atoms with van der Waals surface area (Å²) >= 11 is 0. The Hall–Kier alpha value is -0.820. The molecule has 1 aliphatic heterocycles. The number of halogens is 1. The summed E-state index contributed by atoms with van der Waals surface area (Å²) in [6.45, 7) is 9.58. The normalized spacial score (nSPS) is 15.8. The van der Waals surface area contributed by atoms with E-state index in [1.807, 2.05) is 0 Å². The Morgan fingerprint density at radius 3 is 2.39 bits per heavy atom. The van der Waals surface area contributed by atoms with E-state index in [2.05, 4.69) is 78.7 Å². The van der Waals surface area contributed by atoms with Gasteiger partial charge in [-0.1, -0.05) is 44.2 Å². The molecule has 1 aromatic rings. The zero-order valence-corrected chi connectivity index (χ0v) is 17.1. The van der Waals surface area contributed by atoms with E-state index in [1.165, 1.54) is 5.56 Å². The van der Waals surface area contributed by atoms with Crippen molar-refractivity contribution in [3.05, 3.63) is 35.9 Å². The second kappa shape index (κ2) is 9.47. The van der Waals surface area contributed by atoms with Gasteiger partial charge in [-0.25, -0.2) is 0 Å². The molecule has 1 aromatic carbocycles. The summed E-state index contributed by atoms with van der Waals surface area (Å²) in [7, 11) is 2.10. The molecule has 1 heterocycles. The zero-order chi connectivity index (χ0) is 16.0. The highest BCUT2D eigenvalue weighted by molar-refractivity contribution is 14.0. The van der Waals surface area contributed by atoms with Gasteiger partial charge in [-0.15, -0.1) is 24.0 Å². The summed E-state index contributed by atoms with van der Waals surface area (Å²) in [4.78, 5) is 6.72. The molecule has 1 unspecified atom stereocenters. The highest BCUT2D eigenvalue weighted by Gasteiger charge is 2.29. The van der Waals surface area contributed by atoms with Crippen molar-refractivity contribution >= 4 is 29.9 Å². The van der Waals surface area contributed by atoms with Crippen molar-refractivity contribution in [2.45, 2.75) is 45.2 Å². The number of guanidine groups is 1. The number of hydrogen-bond acceptors (Lipinski definition) is 4. The fourth-order valence-electron chi connectivity index (χ4n) is 3.01. The van der Waals surface area contributed by atoms with Crippen LogP contribution in [-0.4, -0.2) is 43.1 Å². The van der Waals surface area contributed by atoms with Crippen LogP contribution in [0.3, 0.4) is 0 Å². The Bertz CT molecular complexity index is 485. The molecular formula is C18H31IN4. The van der Waals surface area contributed by atoms with Crippen molar-refractivity contribution in [1.29, 1.82) is 0 Å². The third-order valence-electron chi connectivity index (χ3n) is 4.82. The Kier molecular flexibility index (Phi) is 8.33. The van der Waals surface area contributed by atoms with Crippen LogP contribution >= 0.6 is 24.0 Å². The maximum absolute atomic E-state index is 4.53. The Balaban J connectivity index is 0.00000264. The summed E-state index contributed by atoms with van der Waals surface area (Å²) in [5.74, 6) is 1.03. The number of benzene rings is 1. The smallest absolute Gasteiger partial charge is 0.193 e. The maximum atomic E-state index is 4.53. The van der Waals surface area contributed by atoms with E-state index >= 15 is 0 Å². The number of nitrogens with one attached hydrogen (secondary N) is 2. The molecular weight excluding hydrogens is 399 g/mol. The van der Waals surface area contributed by atoms with Crippen LogP contribution in [0, 0.1) is 0 Å². The first-order chi connectivity index (χ1) is 10.6. The average Bonchev–Trinajstić information content (AvgIpc) is 2.97. The van der Waals surface area contributed by atoms with E-state index in [0.29, 0.717) is 6.04 Å². The number of nitrogens with zero attached hydrogens (tertiary/aromatic N) is 2. The fraction of sp³-hybridized carbons (Fsp3) is 0.611. The van der Waals surface area contributed by atoms with Gasteiger partial charge in [0.2, 0.25) is 0 Å². The summed E-state index contributed by atoms with van der Waals surface area (Å²) < 4.78 is 0. The van der Waals surface area contributed by atoms with Crippen LogP contribution in [-0.2, 0) is 0 Å². The molecule has 4 nitrogen and oxygen atoms in total. The second-order valence-electron chi connectivity index (χ2n) is 6.24. The second-order valence-corrected chi connectivity index (χ2v) is 6.24. The van der Waals surface area contributed by atoms with Gasteiger partial charge in [0.1, 0.15) is 0 Å². The van der Waals surface area contributed by atoms with Crippen molar-refractivity contribution in [2.24, 2.45) is 4.99 Å². The van der Waals surface area contributed by atoms with Crippen LogP contribution in [0.15, 0.2) is 35.3 Å². The summed E-state index contributed by atoms with van der Waals surface area (Å²) in [6, 6.07) is 11.0. The Morgan fingerprint density at radius 2 is 1.87 bits per heavy atom. The van der Waals surface area contributed by atoms with E-state index in [9.17, 15) is 0 Å². The van der Waals surface area contributed by atoms with Crippen LogP contribution in [0.4, 0.5) is 0 Å². The predicted molar refractivity (Wildman–Crippen MR) is 110 cm³/mol. The standard InChI is InChI=1S/C18H30N4.HI/c1-5-18(6-2,14-20-17-19-12-13-22(17)4)21-15(3)16-10-8-7-9-11-16;/h7-11,15,21H,5-6,12-14H2,1-4H3,(H,19,20);1H. The molecule has 5 heteroatoms. The van der Waals surface area contributed by atoms with Gasteiger partial charge in [0.05, 0.1) is 6.54 Å². The average molecular weight is 430 g/mol. The van der Waals surface area contributed by atoms with Crippen LogP contribution < -0.4 is 10.6 Å². The molecule has 0 radical (unpaired) electrons. The lowest BCUT2D eigenvalue weighted by molar-refractivity contribution is 0.269. The van der Waals surface area contributed by atoms with Gasteiger partial charge in [0.25, 0.3) is 0 Å². The summed E-state index contributed by atoms with van der Waals surface area (Å²) in [5, 5.41) is 7.39. The predicted octanol–water partition coefficient (Wildman–Crippen LogP) is 3.41. The van der Waals surface area contributed by atoms with Crippen molar-refractivity contribution in [1.82, 2.24) is 15.5 Å². The van der Waals surface area contributed by atoms with Crippen LogP contribution in [0.25, 0.3) is 0 Å². The van der Waals surface area contributed by atoms with Crippen LogP contribution in [0.2, 0.25) is 0 Å². The van der Waals surface area contributed by atoms with Crippen molar-refractivity contribution in [2.75, 3.05) is 26.7 Å². The highest BCUT2D eigenvalue weighted by atomic mass is 127. The van der Waals surface area contributed by atoms with Gasteiger partial charge in [-0.05, 0) is 25.3 Å². The molecule has 0 saturated heterocycles. The lowest BCUT2D eigenvalue weighted by atomic mass is 9.90. The quantitative estimate of drug-likeness (QED) is 0.652. The lowest BCUT2D eigenvalue weighted by Crippen LogP contribution is -2.54. The van der Waals surface area contributed by atoms with Crippen LogP contribution in [0.1, 0.15) is 45.2 Å². The molecule has 0 aromatic heterocycles. The minimum Gasteiger partial charge on any atom is -0.354 e. The molecule has 0 fully saturated rings. The molecule has 1 aliphatic rings. The molecule has 0 saturated carbocycles. The molecule has 130 valence electrons. The van der Waals surface area contributed by atoms with Gasteiger partial charge in [0, 0.05) is 31.7 Å². The van der Waals surface area contributed by atoms with Crippen molar-refractivity contribution in [3.8, 4) is 0 Å². The minimum atomic E-state index is 0.